The van der Waals surface area contributed by atoms with Crippen LogP contribution in [0.25, 0.3) is 0 Å². The van der Waals surface area contributed by atoms with Gasteiger partial charge in [0.15, 0.2) is 0 Å². The van der Waals surface area contributed by atoms with E-state index in [0.29, 0.717) is 37.6 Å². The minimum atomic E-state index is 0.204. The summed E-state index contributed by atoms with van der Waals surface area (Å²) in [7, 11) is 0. The maximum Gasteiger partial charge on any atom is 0.229 e. The van der Waals surface area contributed by atoms with Crippen molar-refractivity contribution in [2.24, 2.45) is 5.92 Å². The van der Waals surface area contributed by atoms with Gasteiger partial charge in [0, 0.05) is 43.9 Å². The van der Waals surface area contributed by atoms with Crippen LogP contribution in [-0.2, 0) is 9.53 Å². The Labute approximate surface area is 194 Å². The quantitative estimate of drug-likeness (QED) is 0.467. The first-order valence-electron chi connectivity index (χ1n) is 12.1. The standard InChI is InChI=1S/C23H32N8O2/c32-21(17-3-1-4-17)25-8-2-7-24-20-19(16-5-6-16)15-26-22(30-20)29-18-13-27-23(28-14-18)31-9-11-33-12-10-31/h13-17H,1-12H2,(H,25,32)(H2,24,26,29,30). The lowest BCUT2D eigenvalue weighted by Crippen LogP contribution is -2.37. The zero-order valence-electron chi connectivity index (χ0n) is 18.9. The van der Waals surface area contributed by atoms with Crippen LogP contribution in [-0.4, -0.2) is 65.2 Å². The Morgan fingerprint density at radius 2 is 1.82 bits per heavy atom. The van der Waals surface area contributed by atoms with Crippen molar-refractivity contribution in [3.8, 4) is 0 Å². The number of aromatic nitrogens is 4. The molecule has 10 nitrogen and oxygen atoms in total. The van der Waals surface area contributed by atoms with Gasteiger partial charge in [0.2, 0.25) is 17.8 Å². The smallest absolute Gasteiger partial charge is 0.229 e. The normalized spacial score (nSPS) is 18.5. The van der Waals surface area contributed by atoms with E-state index >= 15 is 0 Å². The molecule has 3 aliphatic rings. The number of carbonyl (C=O) groups is 1. The molecule has 1 amide bonds. The summed E-state index contributed by atoms with van der Waals surface area (Å²) >= 11 is 0. The van der Waals surface area contributed by atoms with Gasteiger partial charge in [-0.1, -0.05) is 6.42 Å². The van der Waals surface area contributed by atoms with Crippen LogP contribution < -0.4 is 20.9 Å². The van der Waals surface area contributed by atoms with Gasteiger partial charge < -0.3 is 25.6 Å². The van der Waals surface area contributed by atoms with Gasteiger partial charge in [-0.15, -0.1) is 0 Å². The van der Waals surface area contributed by atoms with Crippen molar-refractivity contribution in [3.63, 3.8) is 0 Å². The van der Waals surface area contributed by atoms with E-state index in [1.54, 1.807) is 12.4 Å². The van der Waals surface area contributed by atoms with Crippen LogP contribution in [0.15, 0.2) is 18.6 Å². The fraction of sp³-hybridized carbons (Fsp3) is 0.609. The lowest BCUT2D eigenvalue weighted by atomic mass is 9.85. The van der Waals surface area contributed by atoms with Crippen LogP contribution in [0.1, 0.15) is 50.0 Å². The predicted octanol–water partition coefficient (Wildman–Crippen LogP) is 2.44. The molecule has 2 saturated carbocycles. The summed E-state index contributed by atoms with van der Waals surface area (Å²) < 4.78 is 5.38. The summed E-state index contributed by atoms with van der Waals surface area (Å²) in [6, 6.07) is 0. The number of carbonyl (C=O) groups excluding carboxylic acids is 1. The van der Waals surface area contributed by atoms with Gasteiger partial charge in [0.05, 0.1) is 31.3 Å². The van der Waals surface area contributed by atoms with Crippen LogP contribution in [0.4, 0.5) is 23.4 Å². The molecule has 0 unspecified atom stereocenters. The minimum absolute atomic E-state index is 0.204. The summed E-state index contributed by atoms with van der Waals surface area (Å²) in [5, 5.41) is 9.71. The van der Waals surface area contributed by atoms with Crippen molar-refractivity contribution in [1.29, 1.82) is 0 Å². The van der Waals surface area contributed by atoms with Crippen molar-refractivity contribution < 1.29 is 9.53 Å². The summed E-state index contributed by atoms with van der Waals surface area (Å²) in [6.45, 7) is 4.44. The Bertz CT molecular complexity index is 940. The molecule has 0 spiro atoms. The number of amides is 1. The first-order valence-corrected chi connectivity index (χ1v) is 12.1. The number of ether oxygens (including phenoxy) is 1. The van der Waals surface area contributed by atoms with E-state index in [1.165, 1.54) is 19.3 Å². The van der Waals surface area contributed by atoms with E-state index in [4.69, 9.17) is 9.72 Å². The molecule has 2 aromatic heterocycles. The first kappa shape index (κ1) is 21.8. The Kier molecular flexibility index (Phi) is 6.80. The molecule has 3 fully saturated rings. The lowest BCUT2D eigenvalue weighted by molar-refractivity contribution is -0.127. The predicted molar refractivity (Wildman–Crippen MR) is 126 cm³/mol. The molecule has 5 rings (SSSR count). The lowest BCUT2D eigenvalue weighted by Gasteiger charge is -2.26. The topological polar surface area (TPSA) is 117 Å². The number of nitrogens with one attached hydrogen (secondary N) is 3. The molecular formula is C23H32N8O2. The molecule has 3 N–H and O–H groups in total. The van der Waals surface area contributed by atoms with Gasteiger partial charge >= 0.3 is 0 Å². The van der Waals surface area contributed by atoms with Crippen molar-refractivity contribution in [2.75, 3.05) is 54.9 Å². The average molecular weight is 453 g/mol. The Hall–Kier alpha value is -3.01. The van der Waals surface area contributed by atoms with Crippen molar-refractivity contribution in [3.05, 3.63) is 24.2 Å². The molecule has 1 saturated heterocycles. The Morgan fingerprint density at radius 1 is 1.03 bits per heavy atom. The van der Waals surface area contributed by atoms with Gasteiger partial charge in [-0.25, -0.2) is 15.0 Å². The second-order valence-electron chi connectivity index (χ2n) is 8.97. The molecule has 176 valence electrons. The maximum atomic E-state index is 12.0. The maximum absolute atomic E-state index is 12.0. The fourth-order valence-electron chi connectivity index (χ4n) is 4.05. The van der Waals surface area contributed by atoms with Gasteiger partial charge in [0.1, 0.15) is 5.82 Å². The van der Waals surface area contributed by atoms with Gasteiger partial charge in [0.25, 0.3) is 0 Å². The number of nitrogens with zero attached hydrogens (tertiary/aromatic N) is 5. The fourth-order valence-corrected chi connectivity index (χ4v) is 4.05. The largest absolute Gasteiger partial charge is 0.378 e. The monoisotopic (exact) mass is 452 g/mol. The first-order chi connectivity index (χ1) is 16.3. The molecule has 1 aliphatic heterocycles. The molecule has 0 bridgehead atoms. The summed E-state index contributed by atoms with van der Waals surface area (Å²) in [5.41, 5.74) is 1.91. The average Bonchev–Trinajstić information content (AvgIpc) is 3.64. The molecule has 0 aromatic carbocycles. The number of hydrogen-bond donors (Lipinski definition) is 3. The number of hydrogen-bond acceptors (Lipinski definition) is 9. The van der Waals surface area contributed by atoms with E-state index in [9.17, 15) is 4.79 Å². The summed E-state index contributed by atoms with van der Waals surface area (Å²) in [6.07, 6.45) is 11.9. The second-order valence-corrected chi connectivity index (χ2v) is 8.97. The third-order valence-electron chi connectivity index (χ3n) is 6.44. The summed E-state index contributed by atoms with van der Waals surface area (Å²) in [5.74, 6) is 3.07. The highest BCUT2D eigenvalue weighted by atomic mass is 16.5. The van der Waals surface area contributed by atoms with E-state index in [2.05, 4.69) is 35.8 Å². The van der Waals surface area contributed by atoms with Gasteiger partial charge in [-0.3, -0.25) is 4.79 Å². The number of rotatable bonds is 10. The van der Waals surface area contributed by atoms with Gasteiger partial charge in [-0.2, -0.15) is 4.98 Å². The molecule has 0 atom stereocenters. The van der Waals surface area contributed by atoms with Crippen molar-refractivity contribution in [2.45, 2.75) is 44.4 Å². The Morgan fingerprint density at radius 3 is 2.52 bits per heavy atom. The molecular weight excluding hydrogens is 420 g/mol. The van der Waals surface area contributed by atoms with E-state index < -0.39 is 0 Å². The minimum Gasteiger partial charge on any atom is -0.378 e. The van der Waals surface area contributed by atoms with E-state index in [-0.39, 0.29) is 11.8 Å². The van der Waals surface area contributed by atoms with Crippen LogP contribution in [0.2, 0.25) is 0 Å². The molecule has 0 radical (unpaired) electrons. The number of morpholine rings is 1. The van der Waals surface area contributed by atoms with Crippen LogP contribution in [0.3, 0.4) is 0 Å². The zero-order chi connectivity index (χ0) is 22.5. The molecule has 2 aliphatic carbocycles. The third kappa shape index (κ3) is 5.68. The van der Waals surface area contributed by atoms with Gasteiger partial charge in [-0.05, 0) is 38.0 Å². The Balaban J connectivity index is 1.15. The van der Waals surface area contributed by atoms with Crippen molar-refractivity contribution in [1.82, 2.24) is 25.3 Å². The number of anilines is 4. The molecule has 33 heavy (non-hydrogen) atoms. The third-order valence-corrected chi connectivity index (χ3v) is 6.44. The van der Waals surface area contributed by atoms with Crippen LogP contribution >= 0.6 is 0 Å². The highest BCUT2D eigenvalue weighted by Gasteiger charge is 2.28. The molecule has 10 heteroatoms. The van der Waals surface area contributed by atoms with Crippen LogP contribution in [0.5, 0.6) is 0 Å². The molecule has 3 heterocycles. The highest BCUT2D eigenvalue weighted by molar-refractivity contribution is 5.79. The second kappa shape index (κ2) is 10.3. The molecule has 2 aromatic rings. The highest BCUT2D eigenvalue weighted by Crippen LogP contribution is 2.42. The zero-order valence-corrected chi connectivity index (χ0v) is 18.9. The van der Waals surface area contributed by atoms with E-state index in [0.717, 1.165) is 56.0 Å². The SMILES string of the molecule is O=C(NCCCNc1nc(Nc2cnc(N3CCOCC3)nc2)ncc1C1CC1)C1CCC1. The van der Waals surface area contributed by atoms with E-state index in [1.807, 2.05) is 6.20 Å². The van der Waals surface area contributed by atoms with Crippen LogP contribution in [0, 0.1) is 5.92 Å². The van der Waals surface area contributed by atoms with Crippen molar-refractivity contribution >= 4 is 29.3 Å². The summed E-state index contributed by atoms with van der Waals surface area (Å²) in [4.78, 5) is 32.3.